The number of nitrogens with zero attached hydrogens (tertiary/aromatic N) is 2. The van der Waals surface area contributed by atoms with Crippen molar-refractivity contribution >= 4 is 5.69 Å². The lowest BCUT2D eigenvalue weighted by molar-refractivity contribution is 0.0616. The van der Waals surface area contributed by atoms with Gasteiger partial charge in [0.15, 0.2) is 0 Å². The van der Waals surface area contributed by atoms with Gasteiger partial charge in [0.2, 0.25) is 0 Å². The second-order valence-corrected chi connectivity index (χ2v) is 8.58. The first-order valence-corrected chi connectivity index (χ1v) is 9.94. The predicted molar refractivity (Wildman–Crippen MR) is 107 cm³/mol. The van der Waals surface area contributed by atoms with Gasteiger partial charge < -0.3 is 15.5 Å². The van der Waals surface area contributed by atoms with E-state index < -0.39 is 0 Å². The fourth-order valence-electron chi connectivity index (χ4n) is 4.33. The Kier molecular flexibility index (Phi) is 6.03. The van der Waals surface area contributed by atoms with Crippen molar-refractivity contribution in [3.8, 4) is 0 Å². The third-order valence-electron chi connectivity index (χ3n) is 6.09. The Balaban J connectivity index is 1.51. The highest BCUT2D eigenvalue weighted by Crippen LogP contribution is 2.26. The largest absolute Gasteiger partial charge is 0.385 e. The molecular formula is C21H36N4. The van der Waals surface area contributed by atoms with Crippen LogP contribution in [-0.4, -0.2) is 61.7 Å². The van der Waals surface area contributed by atoms with E-state index in [2.05, 4.69) is 66.6 Å². The molecule has 0 radical (unpaired) electrons. The van der Waals surface area contributed by atoms with Crippen LogP contribution in [0.25, 0.3) is 0 Å². The third kappa shape index (κ3) is 4.55. The van der Waals surface area contributed by atoms with E-state index in [0.717, 1.165) is 25.7 Å². The lowest BCUT2D eigenvalue weighted by Crippen LogP contribution is -2.55. The van der Waals surface area contributed by atoms with E-state index in [1.807, 2.05) is 0 Å². The van der Waals surface area contributed by atoms with Crippen molar-refractivity contribution in [3.63, 3.8) is 0 Å². The summed E-state index contributed by atoms with van der Waals surface area (Å²) in [5.74, 6) is 0. The number of rotatable bonds is 6. The molecule has 0 bridgehead atoms. The molecule has 4 heteroatoms. The van der Waals surface area contributed by atoms with E-state index in [9.17, 15) is 0 Å². The molecule has 0 amide bonds. The number of para-hydroxylation sites is 1. The second-order valence-electron chi connectivity index (χ2n) is 8.58. The fourth-order valence-corrected chi connectivity index (χ4v) is 4.33. The summed E-state index contributed by atoms with van der Waals surface area (Å²) in [6.45, 7) is 10.3. The highest BCUT2D eigenvalue weighted by molar-refractivity contribution is 5.59. The summed E-state index contributed by atoms with van der Waals surface area (Å²) in [6, 6.07) is 7.49. The van der Waals surface area contributed by atoms with Gasteiger partial charge in [-0.2, -0.15) is 0 Å². The first-order valence-electron chi connectivity index (χ1n) is 9.94. The SMILES string of the molecule is CN(C)C1CCN(C(C)(C)CNCc2cccc3c2NCCC3)CC1. The molecule has 4 nitrogen and oxygen atoms in total. The molecule has 1 aromatic rings. The van der Waals surface area contributed by atoms with Crippen molar-refractivity contribution < 1.29 is 0 Å². The average molecular weight is 345 g/mol. The normalized spacial score (nSPS) is 19.7. The van der Waals surface area contributed by atoms with Gasteiger partial charge in [0.1, 0.15) is 0 Å². The highest BCUT2D eigenvalue weighted by Gasteiger charge is 2.30. The zero-order valence-corrected chi connectivity index (χ0v) is 16.6. The quantitative estimate of drug-likeness (QED) is 0.831. The Morgan fingerprint density at radius 2 is 2.00 bits per heavy atom. The average Bonchev–Trinajstić information content (AvgIpc) is 2.62. The van der Waals surface area contributed by atoms with Crippen molar-refractivity contribution in [1.82, 2.24) is 15.1 Å². The minimum absolute atomic E-state index is 0.208. The first-order chi connectivity index (χ1) is 12.0. The van der Waals surface area contributed by atoms with Crippen LogP contribution in [0.2, 0.25) is 0 Å². The molecule has 2 aliphatic heterocycles. The second kappa shape index (κ2) is 8.07. The number of hydrogen-bond acceptors (Lipinski definition) is 4. The molecule has 1 saturated heterocycles. The Morgan fingerprint density at radius 3 is 2.72 bits per heavy atom. The van der Waals surface area contributed by atoms with Crippen molar-refractivity contribution in [3.05, 3.63) is 29.3 Å². The number of likely N-dealkylation sites (tertiary alicyclic amines) is 1. The number of piperidine rings is 1. The minimum Gasteiger partial charge on any atom is -0.385 e. The van der Waals surface area contributed by atoms with Crippen molar-refractivity contribution in [2.75, 3.05) is 45.6 Å². The van der Waals surface area contributed by atoms with Gasteiger partial charge in [0, 0.05) is 50.0 Å². The first kappa shape index (κ1) is 18.7. The van der Waals surface area contributed by atoms with Gasteiger partial charge in [-0.25, -0.2) is 0 Å². The van der Waals surface area contributed by atoms with Gasteiger partial charge in [-0.15, -0.1) is 0 Å². The molecule has 2 aliphatic rings. The van der Waals surface area contributed by atoms with E-state index >= 15 is 0 Å². The van der Waals surface area contributed by atoms with Crippen LogP contribution >= 0.6 is 0 Å². The summed E-state index contributed by atoms with van der Waals surface area (Å²) >= 11 is 0. The van der Waals surface area contributed by atoms with Crippen molar-refractivity contribution in [1.29, 1.82) is 0 Å². The van der Waals surface area contributed by atoms with Gasteiger partial charge in [0.05, 0.1) is 0 Å². The molecule has 0 atom stereocenters. The summed E-state index contributed by atoms with van der Waals surface area (Å²) in [4.78, 5) is 5.05. The van der Waals surface area contributed by atoms with Crippen LogP contribution in [-0.2, 0) is 13.0 Å². The van der Waals surface area contributed by atoms with Crippen LogP contribution in [0.5, 0.6) is 0 Å². The number of benzene rings is 1. The van der Waals surface area contributed by atoms with Gasteiger partial charge in [-0.3, -0.25) is 4.90 Å². The Labute approximate surface area is 154 Å². The number of aryl methyl sites for hydroxylation is 1. The molecule has 2 heterocycles. The molecule has 0 unspecified atom stereocenters. The Morgan fingerprint density at radius 1 is 1.24 bits per heavy atom. The Hall–Kier alpha value is -1.10. The number of fused-ring (bicyclic) bond motifs is 1. The van der Waals surface area contributed by atoms with E-state index in [-0.39, 0.29) is 5.54 Å². The maximum Gasteiger partial charge on any atom is 0.0418 e. The maximum atomic E-state index is 3.73. The summed E-state index contributed by atoms with van der Waals surface area (Å²) in [5, 5.41) is 7.33. The molecule has 2 N–H and O–H groups in total. The number of anilines is 1. The van der Waals surface area contributed by atoms with E-state index in [1.165, 1.54) is 55.6 Å². The molecule has 0 aromatic heterocycles. The Bertz CT molecular complexity index is 559. The van der Waals surface area contributed by atoms with Crippen LogP contribution < -0.4 is 10.6 Å². The molecule has 1 aromatic carbocycles. The van der Waals surface area contributed by atoms with Crippen LogP contribution in [0, 0.1) is 0 Å². The minimum atomic E-state index is 0.208. The van der Waals surface area contributed by atoms with Gasteiger partial charge >= 0.3 is 0 Å². The predicted octanol–water partition coefficient (Wildman–Crippen LogP) is 2.94. The molecule has 3 rings (SSSR count). The van der Waals surface area contributed by atoms with Gasteiger partial charge in [-0.1, -0.05) is 18.2 Å². The lowest BCUT2D eigenvalue weighted by Gasteiger charge is -2.44. The van der Waals surface area contributed by atoms with Gasteiger partial charge in [0.25, 0.3) is 0 Å². The van der Waals surface area contributed by atoms with E-state index in [4.69, 9.17) is 0 Å². The molecule has 140 valence electrons. The van der Waals surface area contributed by atoms with Crippen molar-refractivity contribution in [2.45, 2.75) is 57.7 Å². The topological polar surface area (TPSA) is 30.5 Å². The van der Waals surface area contributed by atoms with Crippen molar-refractivity contribution in [2.24, 2.45) is 0 Å². The summed E-state index contributed by atoms with van der Waals surface area (Å²) < 4.78 is 0. The molecule has 0 spiro atoms. The number of hydrogen-bond donors (Lipinski definition) is 2. The number of nitrogens with one attached hydrogen (secondary N) is 2. The summed E-state index contributed by atoms with van der Waals surface area (Å²) in [5.41, 5.74) is 4.49. The zero-order valence-electron chi connectivity index (χ0n) is 16.6. The van der Waals surface area contributed by atoms with Crippen LogP contribution in [0.4, 0.5) is 5.69 Å². The molecular weight excluding hydrogens is 308 g/mol. The molecule has 0 aliphatic carbocycles. The lowest BCUT2D eigenvalue weighted by atomic mass is 9.95. The molecule has 25 heavy (non-hydrogen) atoms. The fraction of sp³-hybridized carbons (Fsp3) is 0.714. The zero-order chi connectivity index (χ0) is 17.9. The molecule has 0 saturated carbocycles. The van der Waals surface area contributed by atoms with E-state index in [0.29, 0.717) is 0 Å². The standard InChI is InChI=1S/C21H36N4/c1-21(2,25-13-10-19(11-14-25)24(3)4)16-22-15-18-8-5-7-17-9-6-12-23-20(17)18/h5,7-8,19,22-23H,6,9-16H2,1-4H3. The monoisotopic (exact) mass is 344 g/mol. The van der Waals surface area contributed by atoms with E-state index in [1.54, 1.807) is 0 Å². The maximum absolute atomic E-state index is 3.73. The summed E-state index contributed by atoms with van der Waals surface area (Å²) in [6.07, 6.45) is 5.03. The van der Waals surface area contributed by atoms with Crippen LogP contribution in [0.1, 0.15) is 44.2 Å². The van der Waals surface area contributed by atoms with Crippen LogP contribution in [0.3, 0.4) is 0 Å². The molecule has 1 fully saturated rings. The van der Waals surface area contributed by atoms with Crippen LogP contribution in [0.15, 0.2) is 18.2 Å². The van der Waals surface area contributed by atoms with Gasteiger partial charge in [-0.05, 0) is 64.8 Å². The smallest absolute Gasteiger partial charge is 0.0418 e. The summed E-state index contributed by atoms with van der Waals surface area (Å²) in [7, 11) is 4.42. The highest BCUT2D eigenvalue weighted by atomic mass is 15.2. The third-order valence-corrected chi connectivity index (χ3v) is 6.09.